The molecule has 1 aromatic rings. The summed E-state index contributed by atoms with van der Waals surface area (Å²) < 4.78 is 15.3. The van der Waals surface area contributed by atoms with Crippen molar-refractivity contribution >= 4 is 9.73 Å². The van der Waals surface area contributed by atoms with E-state index in [-0.39, 0.29) is 0 Å². The van der Waals surface area contributed by atoms with Crippen LogP contribution in [0.3, 0.4) is 0 Å². The third kappa shape index (κ3) is 5.39. The molecule has 104 valence electrons. The fourth-order valence-electron chi connectivity index (χ4n) is 2.06. The molecule has 0 saturated heterocycles. The molecule has 5 heteroatoms. The molecule has 0 spiro atoms. The van der Waals surface area contributed by atoms with Gasteiger partial charge >= 0.3 is 0 Å². The Morgan fingerprint density at radius 3 is 2.79 bits per heavy atom. The highest BCUT2D eigenvalue weighted by molar-refractivity contribution is 7.92. The number of nitrogens with zero attached hydrogens (tertiary/aromatic N) is 3. The van der Waals surface area contributed by atoms with Crippen LogP contribution in [0.4, 0.5) is 0 Å². The highest BCUT2D eigenvalue weighted by Crippen LogP contribution is 2.24. The largest absolute Gasteiger partial charge is 0.261 e. The fourth-order valence-corrected chi connectivity index (χ4v) is 3.02. The van der Waals surface area contributed by atoms with Crippen molar-refractivity contribution in [2.24, 2.45) is 4.36 Å². The standard InChI is InChI=1S/C14H21N3OS/c1-4-13(14-8-7-12(2)16-10-14)6-5-9-19(3,18)17-11-15/h7-8,10,13H,4-6,9H2,1-3H3. The lowest BCUT2D eigenvalue weighted by Crippen LogP contribution is -2.06. The first kappa shape index (κ1) is 15.6. The van der Waals surface area contributed by atoms with Crippen molar-refractivity contribution in [3.63, 3.8) is 0 Å². The van der Waals surface area contributed by atoms with Gasteiger partial charge in [0.05, 0.1) is 9.73 Å². The van der Waals surface area contributed by atoms with Crippen LogP contribution in [0.25, 0.3) is 0 Å². The third-order valence-corrected chi connectivity index (χ3v) is 4.72. The van der Waals surface area contributed by atoms with Crippen LogP contribution in [-0.2, 0) is 9.73 Å². The molecule has 1 aromatic heterocycles. The molecule has 0 fully saturated rings. The number of pyridine rings is 1. The van der Waals surface area contributed by atoms with E-state index in [1.54, 1.807) is 12.4 Å². The van der Waals surface area contributed by atoms with Crippen LogP contribution < -0.4 is 0 Å². The third-order valence-electron chi connectivity index (χ3n) is 3.21. The Hall–Kier alpha value is -1.41. The van der Waals surface area contributed by atoms with Crippen molar-refractivity contribution in [1.29, 1.82) is 5.26 Å². The minimum atomic E-state index is -2.33. The number of hydrogen-bond acceptors (Lipinski definition) is 4. The molecule has 0 aliphatic rings. The number of hydrogen-bond donors (Lipinski definition) is 0. The zero-order valence-electron chi connectivity index (χ0n) is 11.8. The smallest absolute Gasteiger partial charge is 0.214 e. The summed E-state index contributed by atoms with van der Waals surface area (Å²) in [7, 11) is -2.33. The highest BCUT2D eigenvalue weighted by atomic mass is 32.2. The molecule has 0 saturated carbocycles. The average Bonchev–Trinajstić information content (AvgIpc) is 2.36. The lowest BCUT2D eigenvalue weighted by molar-refractivity contribution is 0.592. The lowest BCUT2D eigenvalue weighted by Gasteiger charge is -2.15. The molecule has 1 heterocycles. The topological polar surface area (TPSA) is 66.1 Å². The van der Waals surface area contributed by atoms with E-state index >= 15 is 0 Å². The SMILES string of the molecule is CCC(CCCS(C)(=O)=NC#N)c1ccc(C)nc1. The molecular weight excluding hydrogens is 258 g/mol. The minimum Gasteiger partial charge on any atom is -0.261 e. The second-order valence-electron chi connectivity index (χ2n) is 4.84. The van der Waals surface area contributed by atoms with E-state index < -0.39 is 9.73 Å². The van der Waals surface area contributed by atoms with Gasteiger partial charge in [-0.3, -0.25) is 4.98 Å². The van der Waals surface area contributed by atoms with E-state index in [0.717, 1.165) is 25.0 Å². The number of nitriles is 1. The summed E-state index contributed by atoms with van der Waals surface area (Å²) in [6.07, 6.45) is 7.90. The second kappa shape index (κ2) is 7.25. The monoisotopic (exact) mass is 279 g/mol. The van der Waals surface area contributed by atoms with Crippen molar-refractivity contribution in [2.45, 2.75) is 39.0 Å². The van der Waals surface area contributed by atoms with E-state index in [0.29, 0.717) is 11.7 Å². The van der Waals surface area contributed by atoms with Crippen molar-refractivity contribution in [1.82, 2.24) is 4.98 Å². The van der Waals surface area contributed by atoms with Crippen LogP contribution in [0.15, 0.2) is 22.7 Å². The van der Waals surface area contributed by atoms with Crippen molar-refractivity contribution in [3.8, 4) is 6.19 Å². The normalized spacial score (nSPS) is 15.3. The van der Waals surface area contributed by atoms with Gasteiger partial charge in [-0.1, -0.05) is 13.0 Å². The van der Waals surface area contributed by atoms with Crippen molar-refractivity contribution < 1.29 is 4.21 Å². The lowest BCUT2D eigenvalue weighted by atomic mass is 9.93. The zero-order chi connectivity index (χ0) is 14.3. The maximum Gasteiger partial charge on any atom is 0.214 e. The molecule has 0 radical (unpaired) electrons. The number of rotatable bonds is 6. The summed E-state index contributed by atoms with van der Waals surface area (Å²) in [5.74, 6) is 0.918. The Labute approximate surface area is 116 Å². The fraction of sp³-hybridized carbons (Fsp3) is 0.571. The van der Waals surface area contributed by atoms with E-state index in [9.17, 15) is 4.21 Å². The predicted molar refractivity (Wildman–Crippen MR) is 78.2 cm³/mol. The minimum absolute atomic E-state index is 0.436. The maximum atomic E-state index is 11.8. The van der Waals surface area contributed by atoms with Crippen molar-refractivity contribution in [3.05, 3.63) is 29.6 Å². The summed E-state index contributed by atoms with van der Waals surface area (Å²) >= 11 is 0. The van der Waals surface area contributed by atoms with Crippen LogP contribution in [-0.4, -0.2) is 21.2 Å². The van der Waals surface area contributed by atoms with Crippen LogP contribution >= 0.6 is 0 Å². The van der Waals surface area contributed by atoms with E-state index in [1.165, 1.54) is 5.56 Å². The Bertz CT molecular complexity index is 551. The molecule has 0 aliphatic heterocycles. The van der Waals surface area contributed by atoms with Gasteiger partial charge in [-0.2, -0.15) is 5.26 Å². The number of aryl methyl sites for hydroxylation is 1. The van der Waals surface area contributed by atoms with Gasteiger partial charge in [-0.05, 0) is 43.7 Å². The Morgan fingerprint density at radius 1 is 1.53 bits per heavy atom. The zero-order valence-corrected chi connectivity index (χ0v) is 12.6. The molecular formula is C14H21N3OS. The molecule has 0 bridgehead atoms. The van der Waals surface area contributed by atoms with Gasteiger partial charge in [0.15, 0.2) is 0 Å². The second-order valence-corrected chi connectivity index (χ2v) is 7.34. The quantitative estimate of drug-likeness (QED) is 0.751. The molecule has 2 atom stereocenters. The van der Waals surface area contributed by atoms with E-state index in [4.69, 9.17) is 5.26 Å². The summed E-state index contributed by atoms with van der Waals surface area (Å²) in [5, 5.41) is 8.46. The van der Waals surface area contributed by atoms with Crippen LogP contribution in [0, 0.1) is 18.4 Å². The predicted octanol–water partition coefficient (Wildman–Crippen LogP) is 3.24. The van der Waals surface area contributed by atoms with Gasteiger partial charge in [0.1, 0.15) is 0 Å². The molecule has 0 amide bonds. The first-order valence-electron chi connectivity index (χ1n) is 6.49. The van der Waals surface area contributed by atoms with Gasteiger partial charge in [-0.25, -0.2) is 4.21 Å². The maximum absolute atomic E-state index is 11.8. The highest BCUT2D eigenvalue weighted by Gasteiger charge is 2.11. The number of aromatic nitrogens is 1. The molecule has 0 aromatic carbocycles. The average molecular weight is 279 g/mol. The van der Waals surface area contributed by atoms with Crippen LogP contribution in [0.1, 0.15) is 43.4 Å². The van der Waals surface area contributed by atoms with E-state index in [1.807, 2.05) is 19.2 Å². The van der Waals surface area contributed by atoms with Gasteiger partial charge in [0, 0.05) is 23.9 Å². The van der Waals surface area contributed by atoms with Crippen molar-refractivity contribution in [2.75, 3.05) is 12.0 Å². The Kier molecular flexibility index (Phi) is 5.97. The molecule has 1 rings (SSSR count). The molecule has 0 aliphatic carbocycles. The summed E-state index contributed by atoms with van der Waals surface area (Å²) in [6, 6.07) is 4.13. The van der Waals surface area contributed by atoms with Gasteiger partial charge in [0.25, 0.3) is 0 Å². The molecule has 0 N–H and O–H groups in total. The first-order chi connectivity index (χ1) is 8.98. The molecule has 19 heavy (non-hydrogen) atoms. The Morgan fingerprint density at radius 2 is 2.26 bits per heavy atom. The summed E-state index contributed by atoms with van der Waals surface area (Å²) in [6.45, 7) is 4.12. The van der Waals surface area contributed by atoms with Gasteiger partial charge < -0.3 is 0 Å². The van der Waals surface area contributed by atoms with Gasteiger partial charge in [0.2, 0.25) is 6.19 Å². The first-order valence-corrected chi connectivity index (χ1v) is 8.58. The van der Waals surface area contributed by atoms with E-state index in [2.05, 4.69) is 22.3 Å². The van der Waals surface area contributed by atoms with Gasteiger partial charge in [-0.15, -0.1) is 4.36 Å². The van der Waals surface area contributed by atoms with Crippen LogP contribution in [0.2, 0.25) is 0 Å². The Balaban J connectivity index is 2.60. The molecule has 4 nitrogen and oxygen atoms in total. The summed E-state index contributed by atoms with van der Waals surface area (Å²) in [4.78, 5) is 4.32. The summed E-state index contributed by atoms with van der Waals surface area (Å²) in [5.41, 5.74) is 2.25. The van der Waals surface area contributed by atoms with Crippen LogP contribution in [0.5, 0.6) is 0 Å². The molecule has 2 unspecified atom stereocenters.